The van der Waals surface area contributed by atoms with Crippen molar-refractivity contribution in [3.63, 3.8) is 0 Å². The van der Waals surface area contributed by atoms with Crippen LogP contribution in [0, 0.1) is 21.4 Å². The fourth-order valence-corrected chi connectivity index (χ4v) is 2.71. The van der Waals surface area contributed by atoms with E-state index < -0.39 is 16.5 Å². The van der Waals surface area contributed by atoms with E-state index >= 15 is 0 Å². The van der Waals surface area contributed by atoms with E-state index in [9.17, 15) is 14.9 Å². The van der Waals surface area contributed by atoms with Gasteiger partial charge in [0.1, 0.15) is 23.5 Å². The smallest absolute Gasteiger partial charge is 0.300 e. The van der Waals surface area contributed by atoms with Gasteiger partial charge in [-0.05, 0) is 18.9 Å². The van der Waals surface area contributed by atoms with Crippen LogP contribution >= 0.6 is 11.6 Å². The van der Waals surface area contributed by atoms with Crippen LogP contribution in [0.1, 0.15) is 36.0 Å². The normalized spacial score (nSPS) is 14.7. The molecule has 1 aliphatic rings. The Morgan fingerprint density at radius 2 is 2.24 bits per heavy atom. The fraction of sp³-hybridized carbons (Fsp3) is 0.462. The molecule has 0 N–H and O–H groups in total. The SMILES string of the molecule is N#CCN(C(=O)c1cc(Cl)ncc1[N+](=O)[O-])C1CCCC1. The fourth-order valence-electron chi connectivity index (χ4n) is 2.55. The molecule has 1 aliphatic carbocycles. The average Bonchev–Trinajstić information content (AvgIpc) is 2.97. The highest BCUT2D eigenvalue weighted by Gasteiger charge is 2.31. The van der Waals surface area contributed by atoms with E-state index in [2.05, 4.69) is 4.98 Å². The van der Waals surface area contributed by atoms with Gasteiger partial charge in [0.25, 0.3) is 11.6 Å². The topological polar surface area (TPSA) is 100 Å². The summed E-state index contributed by atoms with van der Waals surface area (Å²) in [6.07, 6.45) is 4.55. The van der Waals surface area contributed by atoms with Crippen molar-refractivity contribution < 1.29 is 9.72 Å². The van der Waals surface area contributed by atoms with Gasteiger partial charge in [0.15, 0.2) is 0 Å². The van der Waals surface area contributed by atoms with Gasteiger partial charge in [-0.25, -0.2) is 4.98 Å². The molecular weight excluding hydrogens is 296 g/mol. The molecule has 0 atom stereocenters. The van der Waals surface area contributed by atoms with E-state index in [0.29, 0.717) is 0 Å². The molecular formula is C13H13ClN4O3. The summed E-state index contributed by atoms with van der Waals surface area (Å²) in [4.78, 5) is 28.0. The first kappa shape index (κ1) is 15.2. The maximum atomic E-state index is 12.6. The number of nitrogens with zero attached hydrogens (tertiary/aromatic N) is 4. The maximum Gasteiger partial charge on any atom is 0.300 e. The second-order valence-electron chi connectivity index (χ2n) is 4.81. The molecule has 0 bridgehead atoms. The largest absolute Gasteiger partial charge is 0.322 e. The Morgan fingerprint density at radius 3 is 2.81 bits per heavy atom. The van der Waals surface area contributed by atoms with E-state index in [1.165, 1.54) is 11.0 Å². The number of halogens is 1. The maximum absolute atomic E-state index is 12.6. The minimum atomic E-state index is -0.671. The Balaban J connectivity index is 2.38. The summed E-state index contributed by atoms with van der Waals surface area (Å²) in [5, 5.41) is 19.9. The number of amides is 1. The van der Waals surface area contributed by atoms with Crippen LogP contribution in [0.15, 0.2) is 12.3 Å². The first-order valence-corrected chi connectivity index (χ1v) is 6.90. The molecule has 0 saturated heterocycles. The van der Waals surface area contributed by atoms with Crippen LogP contribution < -0.4 is 0 Å². The van der Waals surface area contributed by atoms with Crippen LogP contribution in [-0.4, -0.2) is 33.3 Å². The van der Waals surface area contributed by atoms with Crippen molar-refractivity contribution in [1.29, 1.82) is 5.26 Å². The van der Waals surface area contributed by atoms with Gasteiger partial charge in [0.05, 0.1) is 11.0 Å². The van der Waals surface area contributed by atoms with Crippen molar-refractivity contribution in [2.24, 2.45) is 0 Å². The van der Waals surface area contributed by atoms with Crippen LogP contribution in [0.3, 0.4) is 0 Å². The molecule has 2 rings (SSSR count). The first-order valence-electron chi connectivity index (χ1n) is 6.52. The summed E-state index contributed by atoms with van der Waals surface area (Å²) >= 11 is 5.74. The summed E-state index contributed by atoms with van der Waals surface area (Å²) in [5.41, 5.74) is -0.521. The molecule has 1 fully saturated rings. The Kier molecular flexibility index (Phi) is 4.70. The zero-order valence-corrected chi connectivity index (χ0v) is 11.9. The molecule has 8 heteroatoms. The predicted molar refractivity (Wildman–Crippen MR) is 74.8 cm³/mol. The summed E-state index contributed by atoms with van der Waals surface area (Å²) in [6, 6.07) is 3.08. The molecule has 110 valence electrons. The molecule has 21 heavy (non-hydrogen) atoms. The van der Waals surface area contributed by atoms with E-state index in [-0.39, 0.29) is 23.3 Å². The van der Waals surface area contributed by atoms with E-state index in [4.69, 9.17) is 16.9 Å². The van der Waals surface area contributed by atoms with Gasteiger partial charge < -0.3 is 4.90 Å². The number of carbonyl (C=O) groups excluding carboxylic acids is 1. The number of hydrogen-bond donors (Lipinski definition) is 0. The van der Waals surface area contributed by atoms with E-state index in [1.807, 2.05) is 6.07 Å². The lowest BCUT2D eigenvalue weighted by molar-refractivity contribution is -0.385. The molecule has 1 saturated carbocycles. The van der Waals surface area contributed by atoms with Crippen LogP contribution in [0.2, 0.25) is 5.15 Å². The van der Waals surface area contributed by atoms with Crippen molar-refractivity contribution in [3.8, 4) is 6.07 Å². The number of carbonyl (C=O) groups is 1. The number of aromatic nitrogens is 1. The number of nitriles is 1. The molecule has 1 aromatic heterocycles. The molecule has 0 aliphatic heterocycles. The van der Waals surface area contributed by atoms with Gasteiger partial charge in [-0.2, -0.15) is 5.26 Å². The zero-order valence-electron chi connectivity index (χ0n) is 11.2. The molecule has 0 spiro atoms. The van der Waals surface area contributed by atoms with E-state index in [0.717, 1.165) is 31.9 Å². The highest BCUT2D eigenvalue weighted by molar-refractivity contribution is 6.29. The molecule has 7 nitrogen and oxygen atoms in total. The quantitative estimate of drug-likeness (QED) is 0.368. The second-order valence-corrected chi connectivity index (χ2v) is 5.20. The van der Waals surface area contributed by atoms with Crippen LogP contribution in [0.25, 0.3) is 0 Å². The van der Waals surface area contributed by atoms with Gasteiger partial charge in [0.2, 0.25) is 0 Å². The first-order chi connectivity index (χ1) is 10.0. The minimum absolute atomic E-state index is 0.00674. The summed E-state index contributed by atoms with van der Waals surface area (Å²) in [7, 11) is 0. The van der Waals surface area contributed by atoms with E-state index in [1.54, 1.807) is 0 Å². The Labute approximate surface area is 126 Å². The van der Waals surface area contributed by atoms with Crippen LogP contribution in [0.4, 0.5) is 5.69 Å². The average molecular weight is 309 g/mol. The van der Waals surface area contributed by atoms with Crippen LogP contribution in [0.5, 0.6) is 0 Å². The molecule has 0 radical (unpaired) electrons. The van der Waals surface area contributed by atoms with Crippen molar-refractivity contribution in [2.75, 3.05) is 6.54 Å². The summed E-state index contributed by atoms with van der Waals surface area (Å²) < 4.78 is 0. The van der Waals surface area contributed by atoms with Crippen molar-refractivity contribution in [1.82, 2.24) is 9.88 Å². The lowest BCUT2D eigenvalue weighted by Gasteiger charge is -2.26. The highest BCUT2D eigenvalue weighted by Crippen LogP contribution is 2.28. The monoisotopic (exact) mass is 308 g/mol. The van der Waals surface area contributed by atoms with Gasteiger partial charge in [-0.3, -0.25) is 14.9 Å². The van der Waals surface area contributed by atoms with Gasteiger partial charge in [-0.15, -0.1) is 0 Å². The lowest BCUT2D eigenvalue weighted by atomic mass is 10.1. The van der Waals surface area contributed by atoms with Gasteiger partial charge in [-0.1, -0.05) is 24.4 Å². The number of rotatable bonds is 4. The predicted octanol–water partition coefficient (Wildman–Crippen LogP) is 2.55. The third kappa shape index (κ3) is 3.28. The second kappa shape index (κ2) is 6.50. The summed E-state index contributed by atoms with van der Waals surface area (Å²) in [5.74, 6) is -0.542. The molecule has 1 heterocycles. The standard InChI is InChI=1S/C13H13ClN4O3/c14-12-7-10(11(8-16-12)18(20)21)13(19)17(6-5-15)9-3-1-2-4-9/h7-9H,1-4,6H2. The lowest BCUT2D eigenvalue weighted by Crippen LogP contribution is -2.39. The van der Waals surface area contributed by atoms with Gasteiger partial charge in [0, 0.05) is 6.04 Å². The Hall–Kier alpha value is -2.20. The van der Waals surface area contributed by atoms with Crippen molar-refractivity contribution in [3.05, 3.63) is 33.1 Å². The highest BCUT2D eigenvalue weighted by atomic mass is 35.5. The van der Waals surface area contributed by atoms with Crippen LogP contribution in [-0.2, 0) is 0 Å². The molecule has 0 unspecified atom stereocenters. The number of nitro groups is 1. The third-order valence-electron chi connectivity index (χ3n) is 3.54. The van der Waals surface area contributed by atoms with Gasteiger partial charge >= 0.3 is 0 Å². The van der Waals surface area contributed by atoms with Crippen molar-refractivity contribution >= 4 is 23.2 Å². The Morgan fingerprint density at radius 1 is 1.57 bits per heavy atom. The summed E-state index contributed by atoms with van der Waals surface area (Å²) in [6.45, 7) is -0.0966. The van der Waals surface area contributed by atoms with Crippen molar-refractivity contribution in [2.45, 2.75) is 31.7 Å². The molecule has 1 aromatic rings. The molecule has 0 aromatic carbocycles. The minimum Gasteiger partial charge on any atom is -0.322 e. The Bertz CT molecular complexity index is 608. The number of pyridine rings is 1. The molecule has 1 amide bonds. The number of hydrogen-bond acceptors (Lipinski definition) is 5. The zero-order chi connectivity index (χ0) is 15.4. The third-order valence-corrected chi connectivity index (χ3v) is 3.75.